The third-order valence-corrected chi connectivity index (χ3v) is 0.991. The molecule has 0 aromatic heterocycles. The molecular formula is C7H13NO3. The van der Waals surface area contributed by atoms with Gasteiger partial charge in [-0.05, 0) is 6.42 Å². The summed E-state index contributed by atoms with van der Waals surface area (Å²) in [4.78, 5) is 20.5. The SMILES string of the molecule is CCCNC(=O)COCC=O. The summed E-state index contributed by atoms with van der Waals surface area (Å²) in [5, 5.41) is 2.61. The first kappa shape index (κ1) is 10.1. The first-order valence-electron chi connectivity index (χ1n) is 3.59. The van der Waals surface area contributed by atoms with Gasteiger partial charge >= 0.3 is 0 Å². The number of hydrogen-bond acceptors (Lipinski definition) is 3. The fourth-order valence-corrected chi connectivity index (χ4v) is 0.515. The molecular weight excluding hydrogens is 146 g/mol. The van der Waals surface area contributed by atoms with E-state index in [1.807, 2.05) is 6.92 Å². The maximum atomic E-state index is 10.7. The van der Waals surface area contributed by atoms with Crippen LogP contribution in [0, 0.1) is 0 Å². The van der Waals surface area contributed by atoms with E-state index in [2.05, 4.69) is 10.1 Å². The molecule has 0 spiro atoms. The summed E-state index contributed by atoms with van der Waals surface area (Å²) in [7, 11) is 0. The van der Waals surface area contributed by atoms with Gasteiger partial charge in [0.2, 0.25) is 5.91 Å². The highest BCUT2D eigenvalue weighted by Crippen LogP contribution is 1.74. The lowest BCUT2D eigenvalue weighted by Gasteiger charge is -2.01. The Labute approximate surface area is 65.9 Å². The van der Waals surface area contributed by atoms with Gasteiger partial charge in [-0.1, -0.05) is 6.92 Å². The molecule has 0 fully saturated rings. The first-order chi connectivity index (χ1) is 5.31. The summed E-state index contributed by atoms with van der Waals surface area (Å²) in [5.41, 5.74) is 0. The number of rotatable bonds is 6. The van der Waals surface area contributed by atoms with Crippen LogP contribution in [0.25, 0.3) is 0 Å². The summed E-state index contributed by atoms with van der Waals surface area (Å²) in [6.07, 6.45) is 1.52. The van der Waals surface area contributed by atoms with Crippen molar-refractivity contribution in [1.82, 2.24) is 5.32 Å². The van der Waals surface area contributed by atoms with Crippen LogP contribution in [0.3, 0.4) is 0 Å². The van der Waals surface area contributed by atoms with Gasteiger partial charge in [-0.2, -0.15) is 0 Å². The lowest BCUT2D eigenvalue weighted by atomic mass is 10.5. The number of hydrogen-bond donors (Lipinski definition) is 1. The van der Waals surface area contributed by atoms with Crippen molar-refractivity contribution >= 4 is 12.2 Å². The van der Waals surface area contributed by atoms with Crippen LogP contribution in [0.2, 0.25) is 0 Å². The Morgan fingerprint density at radius 1 is 1.64 bits per heavy atom. The van der Waals surface area contributed by atoms with E-state index in [9.17, 15) is 9.59 Å². The van der Waals surface area contributed by atoms with Gasteiger partial charge in [-0.25, -0.2) is 0 Å². The largest absolute Gasteiger partial charge is 0.364 e. The Bertz CT molecular complexity index is 125. The standard InChI is InChI=1S/C7H13NO3/c1-2-3-8-7(10)6-11-5-4-9/h4H,2-3,5-6H2,1H3,(H,8,10). The number of amides is 1. The minimum Gasteiger partial charge on any atom is -0.364 e. The van der Waals surface area contributed by atoms with Crippen LogP contribution in [0.1, 0.15) is 13.3 Å². The Balaban J connectivity index is 3.15. The molecule has 0 saturated carbocycles. The summed E-state index contributed by atoms with van der Waals surface area (Å²) in [6.45, 7) is 2.58. The average molecular weight is 159 g/mol. The van der Waals surface area contributed by atoms with E-state index < -0.39 is 0 Å². The molecule has 4 nitrogen and oxygen atoms in total. The minimum atomic E-state index is -0.172. The summed E-state index contributed by atoms with van der Waals surface area (Å²) in [6, 6.07) is 0. The molecule has 0 atom stereocenters. The third-order valence-electron chi connectivity index (χ3n) is 0.991. The highest BCUT2D eigenvalue weighted by atomic mass is 16.5. The van der Waals surface area contributed by atoms with E-state index in [0.29, 0.717) is 12.8 Å². The van der Waals surface area contributed by atoms with E-state index in [1.54, 1.807) is 0 Å². The smallest absolute Gasteiger partial charge is 0.246 e. The molecule has 1 amide bonds. The lowest BCUT2D eigenvalue weighted by molar-refractivity contribution is -0.126. The Morgan fingerprint density at radius 3 is 2.91 bits per heavy atom. The second-order valence-corrected chi connectivity index (χ2v) is 2.03. The van der Waals surface area contributed by atoms with Crippen LogP contribution < -0.4 is 5.32 Å². The van der Waals surface area contributed by atoms with Crippen LogP contribution in [-0.2, 0) is 14.3 Å². The van der Waals surface area contributed by atoms with Gasteiger partial charge in [-0.3, -0.25) is 4.79 Å². The Kier molecular flexibility index (Phi) is 6.62. The van der Waals surface area contributed by atoms with Crippen molar-refractivity contribution in [3.8, 4) is 0 Å². The zero-order chi connectivity index (χ0) is 8.53. The van der Waals surface area contributed by atoms with E-state index in [-0.39, 0.29) is 19.1 Å². The Hall–Kier alpha value is -0.900. The van der Waals surface area contributed by atoms with Gasteiger partial charge in [0, 0.05) is 6.54 Å². The molecule has 0 aliphatic heterocycles. The molecule has 0 aromatic carbocycles. The van der Waals surface area contributed by atoms with Gasteiger partial charge in [0.15, 0.2) is 0 Å². The Morgan fingerprint density at radius 2 is 2.36 bits per heavy atom. The molecule has 64 valence electrons. The van der Waals surface area contributed by atoms with Gasteiger partial charge in [0.25, 0.3) is 0 Å². The minimum absolute atomic E-state index is 0.0143. The fraction of sp³-hybridized carbons (Fsp3) is 0.714. The van der Waals surface area contributed by atoms with E-state index >= 15 is 0 Å². The molecule has 0 rings (SSSR count). The van der Waals surface area contributed by atoms with Gasteiger partial charge in [0.05, 0.1) is 0 Å². The highest BCUT2D eigenvalue weighted by Gasteiger charge is 1.97. The first-order valence-corrected chi connectivity index (χ1v) is 3.59. The molecule has 11 heavy (non-hydrogen) atoms. The van der Waals surface area contributed by atoms with E-state index in [0.717, 1.165) is 6.42 Å². The van der Waals surface area contributed by atoms with E-state index in [1.165, 1.54) is 0 Å². The molecule has 4 heteroatoms. The number of aldehydes is 1. The van der Waals surface area contributed by atoms with Gasteiger partial charge in [0.1, 0.15) is 19.5 Å². The zero-order valence-electron chi connectivity index (χ0n) is 6.63. The number of ether oxygens (including phenoxy) is 1. The average Bonchev–Trinajstić information content (AvgIpc) is 2.01. The van der Waals surface area contributed by atoms with Crippen molar-refractivity contribution in [2.75, 3.05) is 19.8 Å². The highest BCUT2D eigenvalue weighted by molar-refractivity contribution is 5.77. The molecule has 0 aliphatic carbocycles. The van der Waals surface area contributed by atoms with Gasteiger partial charge in [-0.15, -0.1) is 0 Å². The predicted octanol–water partition coefficient (Wildman–Crippen LogP) is -0.272. The monoisotopic (exact) mass is 159 g/mol. The maximum Gasteiger partial charge on any atom is 0.246 e. The molecule has 0 bridgehead atoms. The van der Waals surface area contributed by atoms with Crippen molar-refractivity contribution in [2.24, 2.45) is 0 Å². The van der Waals surface area contributed by atoms with Crippen LogP contribution in [-0.4, -0.2) is 32.0 Å². The van der Waals surface area contributed by atoms with Gasteiger partial charge < -0.3 is 14.8 Å². The van der Waals surface area contributed by atoms with E-state index in [4.69, 9.17) is 0 Å². The topological polar surface area (TPSA) is 55.4 Å². The molecule has 0 saturated heterocycles. The number of nitrogens with one attached hydrogen (secondary N) is 1. The van der Waals surface area contributed by atoms with Crippen molar-refractivity contribution in [3.05, 3.63) is 0 Å². The summed E-state index contributed by atoms with van der Waals surface area (Å²) < 4.78 is 4.66. The van der Waals surface area contributed by atoms with Crippen LogP contribution >= 0.6 is 0 Å². The van der Waals surface area contributed by atoms with Crippen molar-refractivity contribution < 1.29 is 14.3 Å². The molecule has 0 aliphatic rings. The molecule has 1 N–H and O–H groups in total. The molecule has 0 unspecified atom stereocenters. The lowest BCUT2D eigenvalue weighted by Crippen LogP contribution is -2.28. The number of carbonyl (C=O) groups is 2. The fourth-order valence-electron chi connectivity index (χ4n) is 0.515. The zero-order valence-corrected chi connectivity index (χ0v) is 6.63. The summed E-state index contributed by atoms with van der Waals surface area (Å²) >= 11 is 0. The maximum absolute atomic E-state index is 10.7. The quantitative estimate of drug-likeness (QED) is 0.428. The molecule has 0 radical (unpaired) electrons. The third kappa shape index (κ3) is 6.99. The van der Waals surface area contributed by atoms with Crippen molar-refractivity contribution in [1.29, 1.82) is 0 Å². The van der Waals surface area contributed by atoms with Crippen molar-refractivity contribution in [2.45, 2.75) is 13.3 Å². The van der Waals surface area contributed by atoms with Crippen LogP contribution in [0.4, 0.5) is 0 Å². The molecule has 0 heterocycles. The van der Waals surface area contributed by atoms with Crippen LogP contribution in [0.5, 0.6) is 0 Å². The molecule has 0 aromatic rings. The second-order valence-electron chi connectivity index (χ2n) is 2.03. The van der Waals surface area contributed by atoms with Crippen molar-refractivity contribution in [3.63, 3.8) is 0 Å². The normalized spacial score (nSPS) is 9.18. The number of carbonyl (C=O) groups excluding carboxylic acids is 2. The second kappa shape index (κ2) is 7.21. The predicted molar refractivity (Wildman–Crippen MR) is 40.2 cm³/mol. The van der Waals surface area contributed by atoms with Crippen LogP contribution in [0.15, 0.2) is 0 Å². The summed E-state index contributed by atoms with van der Waals surface area (Å²) in [5.74, 6) is -0.172.